The first-order valence-corrected chi connectivity index (χ1v) is 7.78. The number of aliphatic hydroxyl groups is 1. The molecule has 0 spiro atoms. The van der Waals surface area contributed by atoms with E-state index in [0.29, 0.717) is 0 Å². The van der Waals surface area contributed by atoms with E-state index in [1.54, 1.807) is 11.8 Å². The minimum Gasteiger partial charge on any atom is -0.396 e. The first-order valence-electron chi connectivity index (χ1n) is 6.80. The molecule has 3 nitrogen and oxygen atoms in total. The fraction of sp³-hybridized carbons (Fsp3) is 0.312. The Morgan fingerprint density at radius 1 is 1.15 bits per heavy atom. The summed E-state index contributed by atoms with van der Waals surface area (Å²) in [5, 5.41) is 12.2. The van der Waals surface area contributed by atoms with Crippen LogP contribution in [0.4, 0.5) is 5.69 Å². The van der Waals surface area contributed by atoms with Gasteiger partial charge in [-0.15, -0.1) is 11.8 Å². The number of nitrogens with one attached hydrogen (secondary N) is 1. The smallest absolute Gasteiger partial charge is 0.0486 e. The zero-order valence-electron chi connectivity index (χ0n) is 11.6. The highest BCUT2D eigenvalue weighted by Crippen LogP contribution is 2.23. The molecule has 20 heavy (non-hydrogen) atoms. The maximum Gasteiger partial charge on any atom is 0.0486 e. The zero-order valence-corrected chi connectivity index (χ0v) is 12.4. The summed E-state index contributed by atoms with van der Waals surface area (Å²) in [6.07, 6.45) is 4.46. The van der Waals surface area contributed by atoms with Crippen molar-refractivity contribution >= 4 is 17.4 Å². The van der Waals surface area contributed by atoms with E-state index < -0.39 is 0 Å². The van der Waals surface area contributed by atoms with Crippen LogP contribution in [-0.2, 0) is 0 Å². The van der Waals surface area contributed by atoms with Gasteiger partial charge in [0.1, 0.15) is 0 Å². The second kappa shape index (κ2) is 7.92. The topological polar surface area (TPSA) is 45.1 Å². The minimum absolute atomic E-state index is 0.255. The van der Waals surface area contributed by atoms with Crippen molar-refractivity contribution in [3.63, 3.8) is 0 Å². The average Bonchev–Trinajstić information content (AvgIpc) is 2.50. The van der Waals surface area contributed by atoms with Gasteiger partial charge in [-0.25, -0.2) is 0 Å². The van der Waals surface area contributed by atoms with E-state index in [1.165, 1.54) is 10.5 Å². The Hall–Kier alpha value is -1.52. The van der Waals surface area contributed by atoms with Crippen molar-refractivity contribution < 1.29 is 5.11 Å². The van der Waals surface area contributed by atoms with E-state index in [4.69, 9.17) is 5.11 Å². The molecule has 0 aliphatic heterocycles. The second-order valence-electron chi connectivity index (χ2n) is 4.60. The van der Waals surface area contributed by atoms with E-state index in [0.717, 1.165) is 17.9 Å². The van der Waals surface area contributed by atoms with Gasteiger partial charge in [0, 0.05) is 41.4 Å². The van der Waals surface area contributed by atoms with Crippen LogP contribution in [0.5, 0.6) is 0 Å². The Labute approximate surface area is 124 Å². The molecule has 1 atom stereocenters. The van der Waals surface area contributed by atoms with Crippen molar-refractivity contribution in [3.05, 3.63) is 54.4 Å². The molecule has 4 heteroatoms. The summed E-state index contributed by atoms with van der Waals surface area (Å²) in [6.45, 7) is 2.40. The van der Waals surface area contributed by atoms with Crippen LogP contribution in [0.2, 0.25) is 0 Å². The van der Waals surface area contributed by atoms with Crippen molar-refractivity contribution in [1.82, 2.24) is 4.98 Å². The number of hydrogen-bond donors (Lipinski definition) is 2. The number of anilines is 1. The van der Waals surface area contributed by atoms with Crippen molar-refractivity contribution in [2.45, 2.75) is 24.3 Å². The third-order valence-electron chi connectivity index (χ3n) is 3.01. The van der Waals surface area contributed by atoms with Gasteiger partial charge in [-0.1, -0.05) is 0 Å². The molecule has 1 unspecified atom stereocenters. The molecule has 0 amide bonds. The highest BCUT2D eigenvalue weighted by Gasteiger charge is 2.04. The minimum atomic E-state index is 0.255. The van der Waals surface area contributed by atoms with Crippen LogP contribution in [0, 0.1) is 0 Å². The van der Waals surface area contributed by atoms with Gasteiger partial charge in [0.15, 0.2) is 0 Å². The first kappa shape index (κ1) is 14.9. The monoisotopic (exact) mass is 288 g/mol. The standard InChI is InChI=1S/C16H20N2OS/c1-13(14-7-9-17-10-8-14)18-15-3-5-16(6-4-15)20-12-2-11-19/h3-10,13,18-19H,2,11-12H2,1H3. The van der Waals surface area contributed by atoms with E-state index in [-0.39, 0.29) is 12.6 Å². The Bertz CT molecular complexity index is 502. The molecule has 0 radical (unpaired) electrons. The van der Waals surface area contributed by atoms with Crippen LogP contribution in [0.25, 0.3) is 0 Å². The maximum absolute atomic E-state index is 8.77. The molecule has 2 rings (SSSR count). The lowest BCUT2D eigenvalue weighted by Crippen LogP contribution is -2.06. The number of aliphatic hydroxyl groups excluding tert-OH is 1. The number of rotatable bonds is 7. The Morgan fingerprint density at radius 3 is 2.50 bits per heavy atom. The molecule has 2 N–H and O–H groups in total. The highest BCUT2D eigenvalue weighted by atomic mass is 32.2. The second-order valence-corrected chi connectivity index (χ2v) is 5.76. The van der Waals surface area contributed by atoms with Gasteiger partial charge in [0.2, 0.25) is 0 Å². The van der Waals surface area contributed by atoms with Gasteiger partial charge in [0.05, 0.1) is 0 Å². The lowest BCUT2D eigenvalue weighted by atomic mass is 10.1. The number of pyridine rings is 1. The van der Waals surface area contributed by atoms with E-state index >= 15 is 0 Å². The third kappa shape index (κ3) is 4.54. The molecular weight excluding hydrogens is 268 g/mol. The predicted octanol–water partition coefficient (Wildman–Crippen LogP) is 3.73. The van der Waals surface area contributed by atoms with Crippen LogP contribution in [0.1, 0.15) is 24.9 Å². The third-order valence-corrected chi connectivity index (χ3v) is 4.11. The molecule has 1 heterocycles. The van der Waals surface area contributed by atoms with Gasteiger partial charge in [0.25, 0.3) is 0 Å². The molecule has 106 valence electrons. The summed E-state index contributed by atoms with van der Waals surface area (Å²) in [6, 6.07) is 12.7. The Morgan fingerprint density at radius 2 is 1.85 bits per heavy atom. The zero-order chi connectivity index (χ0) is 14.2. The maximum atomic E-state index is 8.77. The van der Waals surface area contributed by atoms with Gasteiger partial charge >= 0.3 is 0 Å². The summed E-state index contributed by atoms with van der Waals surface area (Å²) in [7, 11) is 0. The molecule has 0 aliphatic carbocycles. The number of thioether (sulfide) groups is 1. The average molecular weight is 288 g/mol. The summed E-state index contributed by atoms with van der Waals surface area (Å²) in [4.78, 5) is 5.27. The molecule has 2 aromatic rings. The molecular formula is C16H20N2OS. The number of aromatic nitrogens is 1. The number of hydrogen-bond acceptors (Lipinski definition) is 4. The normalized spacial score (nSPS) is 12.1. The van der Waals surface area contributed by atoms with Gasteiger partial charge < -0.3 is 10.4 Å². The Balaban J connectivity index is 1.90. The van der Waals surface area contributed by atoms with Crippen LogP contribution in [0.3, 0.4) is 0 Å². The molecule has 0 bridgehead atoms. The molecule has 1 aromatic carbocycles. The van der Waals surface area contributed by atoms with E-state index in [9.17, 15) is 0 Å². The molecule has 1 aromatic heterocycles. The van der Waals surface area contributed by atoms with E-state index in [2.05, 4.69) is 41.5 Å². The predicted molar refractivity (Wildman–Crippen MR) is 85.1 cm³/mol. The van der Waals surface area contributed by atoms with Gasteiger partial charge in [-0.05, 0) is 55.3 Å². The van der Waals surface area contributed by atoms with Crippen LogP contribution in [-0.4, -0.2) is 22.5 Å². The lowest BCUT2D eigenvalue weighted by Gasteiger charge is -2.15. The van der Waals surface area contributed by atoms with Crippen molar-refractivity contribution in [2.75, 3.05) is 17.7 Å². The molecule has 0 aliphatic rings. The van der Waals surface area contributed by atoms with Crippen molar-refractivity contribution in [1.29, 1.82) is 0 Å². The number of nitrogens with zero attached hydrogens (tertiary/aromatic N) is 1. The lowest BCUT2D eigenvalue weighted by molar-refractivity contribution is 0.296. The Kier molecular flexibility index (Phi) is 5.89. The molecule has 0 saturated carbocycles. The number of benzene rings is 1. The SMILES string of the molecule is CC(Nc1ccc(SCCCO)cc1)c1ccncc1. The fourth-order valence-corrected chi connectivity index (χ4v) is 2.73. The van der Waals surface area contributed by atoms with Crippen LogP contribution >= 0.6 is 11.8 Å². The van der Waals surface area contributed by atoms with Gasteiger partial charge in [-0.2, -0.15) is 0 Å². The van der Waals surface area contributed by atoms with Crippen molar-refractivity contribution in [2.24, 2.45) is 0 Å². The van der Waals surface area contributed by atoms with Crippen LogP contribution in [0.15, 0.2) is 53.7 Å². The summed E-state index contributed by atoms with van der Waals surface area (Å²) >= 11 is 1.77. The molecule has 0 saturated heterocycles. The quantitative estimate of drug-likeness (QED) is 0.602. The first-order chi connectivity index (χ1) is 9.79. The van der Waals surface area contributed by atoms with Gasteiger partial charge in [-0.3, -0.25) is 4.98 Å². The van der Waals surface area contributed by atoms with Crippen LogP contribution < -0.4 is 5.32 Å². The largest absolute Gasteiger partial charge is 0.396 e. The van der Waals surface area contributed by atoms with Crippen molar-refractivity contribution in [3.8, 4) is 0 Å². The summed E-state index contributed by atoms with van der Waals surface area (Å²) in [5.74, 6) is 0.955. The molecule has 0 fully saturated rings. The summed E-state index contributed by atoms with van der Waals surface area (Å²) < 4.78 is 0. The summed E-state index contributed by atoms with van der Waals surface area (Å²) in [5.41, 5.74) is 2.34. The highest BCUT2D eigenvalue weighted by molar-refractivity contribution is 7.99. The van der Waals surface area contributed by atoms with E-state index in [1.807, 2.05) is 24.5 Å². The fourth-order valence-electron chi connectivity index (χ4n) is 1.89.